The van der Waals surface area contributed by atoms with Crippen molar-refractivity contribution < 1.29 is 14.3 Å². The number of carbonyl (C=O) groups is 2. The molecule has 0 rings (SSSR count). The van der Waals surface area contributed by atoms with E-state index in [1.54, 1.807) is 24.9 Å². The number of carbonyl (C=O) groups excluding carboxylic acids is 2. The molecule has 1 unspecified atom stereocenters. The average molecular weight is 228 g/mol. The molecular formula is C11H20N2O3. The lowest BCUT2D eigenvalue weighted by atomic mass is 10.2. The third-order valence-electron chi connectivity index (χ3n) is 2.36. The van der Waals surface area contributed by atoms with Crippen molar-refractivity contribution >= 4 is 11.9 Å². The molecule has 5 nitrogen and oxygen atoms in total. The number of amides is 1. The molecule has 0 saturated heterocycles. The van der Waals surface area contributed by atoms with Crippen LogP contribution in [0.25, 0.3) is 0 Å². The fourth-order valence-corrected chi connectivity index (χ4v) is 1.08. The number of methoxy groups -OCH3 is 1. The predicted molar refractivity (Wildman–Crippen MR) is 61.9 cm³/mol. The SMILES string of the molecule is C=CCNC(=O)C(C)N(C)CCC(=O)OC. The molecule has 0 saturated carbocycles. The summed E-state index contributed by atoms with van der Waals surface area (Å²) in [5, 5.41) is 2.70. The van der Waals surface area contributed by atoms with Crippen molar-refractivity contribution in [3.63, 3.8) is 0 Å². The van der Waals surface area contributed by atoms with Crippen LogP contribution < -0.4 is 5.32 Å². The van der Waals surface area contributed by atoms with Gasteiger partial charge in [-0.25, -0.2) is 0 Å². The molecular weight excluding hydrogens is 208 g/mol. The Bertz CT molecular complexity index is 254. The Hall–Kier alpha value is -1.36. The molecule has 0 aliphatic carbocycles. The van der Waals surface area contributed by atoms with Gasteiger partial charge in [-0.1, -0.05) is 6.08 Å². The first kappa shape index (κ1) is 14.6. The van der Waals surface area contributed by atoms with Crippen molar-refractivity contribution in [2.24, 2.45) is 0 Å². The molecule has 5 heteroatoms. The van der Waals surface area contributed by atoms with E-state index in [9.17, 15) is 9.59 Å². The lowest BCUT2D eigenvalue weighted by Crippen LogP contribution is -2.44. The molecule has 0 aliphatic heterocycles. The van der Waals surface area contributed by atoms with Gasteiger partial charge in [-0.05, 0) is 14.0 Å². The summed E-state index contributed by atoms with van der Waals surface area (Å²) in [7, 11) is 3.14. The smallest absolute Gasteiger partial charge is 0.306 e. The summed E-state index contributed by atoms with van der Waals surface area (Å²) in [6, 6.07) is -0.274. The van der Waals surface area contributed by atoms with Crippen LogP contribution in [0, 0.1) is 0 Å². The van der Waals surface area contributed by atoms with Crippen LogP contribution in [-0.2, 0) is 14.3 Å². The highest BCUT2D eigenvalue weighted by Gasteiger charge is 2.17. The van der Waals surface area contributed by atoms with Gasteiger partial charge in [0.1, 0.15) is 0 Å². The van der Waals surface area contributed by atoms with E-state index in [1.807, 2.05) is 0 Å². The van der Waals surface area contributed by atoms with Gasteiger partial charge in [-0.3, -0.25) is 14.5 Å². The van der Waals surface area contributed by atoms with Crippen LogP contribution in [0.1, 0.15) is 13.3 Å². The van der Waals surface area contributed by atoms with Gasteiger partial charge in [0, 0.05) is 13.1 Å². The van der Waals surface area contributed by atoms with Crippen molar-refractivity contribution in [1.82, 2.24) is 10.2 Å². The van der Waals surface area contributed by atoms with E-state index in [-0.39, 0.29) is 24.3 Å². The zero-order chi connectivity index (χ0) is 12.6. The van der Waals surface area contributed by atoms with Crippen molar-refractivity contribution in [2.75, 3.05) is 27.2 Å². The summed E-state index contributed by atoms with van der Waals surface area (Å²) in [4.78, 5) is 24.3. The summed E-state index contributed by atoms with van der Waals surface area (Å²) in [5.74, 6) is -0.349. The number of rotatable bonds is 7. The fraction of sp³-hybridized carbons (Fsp3) is 0.636. The summed E-state index contributed by atoms with van der Waals surface area (Å²) in [5.41, 5.74) is 0. The molecule has 0 spiro atoms. The topological polar surface area (TPSA) is 58.6 Å². The first-order valence-corrected chi connectivity index (χ1v) is 5.18. The second-order valence-corrected chi connectivity index (χ2v) is 3.52. The van der Waals surface area contributed by atoms with Gasteiger partial charge in [0.2, 0.25) is 5.91 Å². The predicted octanol–water partition coefficient (Wildman–Crippen LogP) is 0.172. The van der Waals surface area contributed by atoms with E-state index in [4.69, 9.17) is 0 Å². The highest BCUT2D eigenvalue weighted by Crippen LogP contribution is 1.98. The molecule has 1 amide bonds. The van der Waals surface area contributed by atoms with Gasteiger partial charge in [0.15, 0.2) is 0 Å². The molecule has 0 aliphatic rings. The zero-order valence-electron chi connectivity index (χ0n) is 10.2. The van der Waals surface area contributed by atoms with E-state index >= 15 is 0 Å². The number of hydrogen-bond acceptors (Lipinski definition) is 4. The van der Waals surface area contributed by atoms with Gasteiger partial charge in [0.05, 0.1) is 19.6 Å². The van der Waals surface area contributed by atoms with Gasteiger partial charge in [-0.15, -0.1) is 6.58 Å². The Balaban J connectivity index is 3.96. The van der Waals surface area contributed by atoms with E-state index < -0.39 is 0 Å². The van der Waals surface area contributed by atoms with Gasteiger partial charge >= 0.3 is 5.97 Å². The van der Waals surface area contributed by atoms with Crippen molar-refractivity contribution in [3.8, 4) is 0 Å². The van der Waals surface area contributed by atoms with E-state index in [0.717, 1.165) is 0 Å². The maximum atomic E-state index is 11.5. The van der Waals surface area contributed by atoms with Gasteiger partial charge in [0.25, 0.3) is 0 Å². The number of nitrogens with one attached hydrogen (secondary N) is 1. The highest BCUT2D eigenvalue weighted by molar-refractivity contribution is 5.81. The number of likely N-dealkylation sites (N-methyl/N-ethyl adjacent to an activating group) is 1. The Morgan fingerprint density at radius 1 is 1.56 bits per heavy atom. The molecule has 0 aromatic carbocycles. The number of nitrogens with zero attached hydrogens (tertiary/aromatic N) is 1. The van der Waals surface area contributed by atoms with Crippen LogP contribution in [0.3, 0.4) is 0 Å². The van der Waals surface area contributed by atoms with Crippen molar-refractivity contribution in [1.29, 1.82) is 0 Å². The number of esters is 1. The molecule has 0 radical (unpaired) electrons. The van der Waals surface area contributed by atoms with E-state index in [2.05, 4.69) is 16.6 Å². The van der Waals surface area contributed by atoms with E-state index in [1.165, 1.54) is 7.11 Å². The summed E-state index contributed by atoms with van der Waals surface area (Å²) >= 11 is 0. The van der Waals surface area contributed by atoms with Crippen LogP contribution in [0.15, 0.2) is 12.7 Å². The molecule has 1 atom stereocenters. The maximum Gasteiger partial charge on any atom is 0.306 e. The van der Waals surface area contributed by atoms with E-state index in [0.29, 0.717) is 13.1 Å². The molecule has 0 bridgehead atoms. The van der Waals surface area contributed by atoms with Crippen LogP contribution in [0.4, 0.5) is 0 Å². The summed E-state index contributed by atoms with van der Waals surface area (Å²) < 4.78 is 4.53. The van der Waals surface area contributed by atoms with Crippen LogP contribution in [0.2, 0.25) is 0 Å². The molecule has 1 N–H and O–H groups in total. The lowest BCUT2D eigenvalue weighted by Gasteiger charge is -2.22. The molecule has 0 heterocycles. The zero-order valence-corrected chi connectivity index (χ0v) is 10.2. The number of hydrogen-bond donors (Lipinski definition) is 1. The largest absolute Gasteiger partial charge is 0.469 e. The van der Waals surface area contributed by atoms with Gasteiger partial charge in [-0.2, -0.15) is 0 Å². The lowest BCUT2D eigenvalue weighted by molar-refractivity contribution is -0.141. The normalized spacial score (nSPS) is 12.0. The second-order valence-electron chi connectivity index (χ2n) is 3.52. The van der Waals surface area contributed by atoms with Crippen molar-refractivity contribution in [2.45, 2.75) is 19.4 Å². The van der Waals surface area contributed by atoms with Crippen LogP contribution >= 0.6 is 0 Å². The Labute approximate surface area is 96.4 Å². The fourth-order valence-electron chi connectivity index (χ4n) is 1.08. The quantitative estimate of drug-likeness (QED) is 0.498. The molecule has 92 valence electrons. The summed E-state index contributed by atoms with van der Waals surface area (Å²) in [6.07, 6.45) is 1.91. The van der Waals surface area contributed by atoms with Crippen molar-refractivity contribution in [3.05, 3.63) is 12.7 Å². The maximum absolute atomic E-state index is 11.5. The average Bonchev–Trinajstić information content (AvgIpc) is 2.31. The highest BCUT2D eigenvalue weighted by atomic mass is 16.5. The minimum Gasteiger partial charge on any atom is -0.469 e. The third kappa shape index (κ3) is 5.50. The molecule has 0 fully saturated rings. The monoisotopic (exact) mass is 228 g/mol. The molecule has 16 heavy (non-hydrogen) atoms. The first-order chi connectivity index (χ1) is 7.52. The minimum absolute atomic E-state index is 0.0766. The molecule has 0 aromatic heterocycles. The summed E-state index contributed by atoms with van der Waals surface area (Å²) in [6.45, 7) is 6.25. The second kappa shape index (κ2) is 7.87. The van der Waals surface area contributed by atoms with Crippen LogP contribution in [0.5, 0.6) is 0 Å². The third-order valence-corrected chi connectivity index (χ3v) is 2.36. The standard InChI is InChI=1S/C11H20N2O3/c1-5-7-12-11(15)9(2)13(3)8-6-10(14)16-4/h5,9H,1,6-8H2,2-4H3,(H,12,15). The first-order valence-electron chi connectivity index (χ1n) is 5.18. The Morgan fingerprint density at radius 2 is 2.19 bits per heavy atom. The minimum atomic E-state index is -0.274. The molecule has 0 aromatic rings. The Kier molecular flexibility index (Phi) is 7.20. The van der Waals surface area contributed by atoms with Gasteiger partial charge < -0.3 is 10.1 Å². The number of ether oxygens (including phenoxy) is 1. The van der Waals surface area contributed by atoms with Crippen LogP contribution in [-0.4, -0.2) is 50.1 Å². The Morgan fingerprint density at radius 3 is 2.69 bits per heavy atom.